The second-order valence-corrected chi connectivity index (χ2v) is 7.04. The Labute approximate surface area is 108 Å². The monoisotopic (exact) mass is 270 g/mol. The lowest BCUT2D eigenvalue weighted by Gasteiger charge is -2.11. The maximum atomic E-state index is 11.7. The SMILES string of the molecule is CCCCOc1cnc(C2(S(C)(=O)=O)CC2)nc1. The molecule has 0 aliphatic heterocycles. The fourth-order valence-corrected chi connectivity index (χ4v) is 3.11. The smallest absolute Gasteiger partial charge is 0.160 e. The van der Waals surface area contributed by atoms with E-state index in [-0.39, 0.29) is 0 Å². The molecule has 6 heteroatoms. The highest BCUT2D eigenvalue weighted by atomic mass is 32.2. The van der Waals surface area contributed by atoms with Crippen LogP contribution in [0.25, 0.3) is 0 Å². The topological polar surface area (TPSA) is 69.2 Å². The van der Waals surface area contributed by atoms with Gasteiger partial charge in [0.2, 0.25) is 0 Å². The summed E-state index contributed by atoms with van der Waals surface area (Å²) in [6, 6.07) is 0. The van der Waals surface area contributed by atoms with Crippen molar-refractivity contribution in [3.63, 3.8) is 0 Å². The van der Waals surface area contributed by atoms with E-state index in [1.165, 1.54) is 6.26 Å². The zero-order chi connectivity index (χ0) is 13.2. The van der Waals surface area contributed by atoms with E-state index in [0.29, 0.717) is 31.0 Å². The third-order valence-corrected chi connectivity index (χ3v) is 5.23. The first kappa shape index (κ1) is 13.3. The van der Waals surface area contributed by atoms with Crippen molar-refractivity contribution in [1.29, 1.82) is 0 Å². The van der Waals surface area contributed by atoms with Crippen LogP contribution in [0.3, 0.4) is 0 Å². The molecule has 0 saturated heterocycles. The first-order chi connectivity index (χ1) is 8.49. The molecule has 1 heterocycles. The van der Waals surface area contributed by atoms with Crippen LogP contribution in [0.4, 0.5) is 0 Å². The van der Waals surface area contributed by atoms with Crippen molar-refractivity contribution < 1.29 is 13.2 Å². The van der Waals surface area contributed by atoms with Crippen molar-refractivity contribution in [2.24, 2.45) is 0 Å². The minimum atomic E-state index is -3.14. The molecule has 1 aliphatic carbocycles. The van der Waals surface area contributed by atoms with Crippen molar-refractivity contribution in [1.82, 2.24) is 9.97 Å². The predicted octanol–water partition coefficient (Wildman–Crippen LogP) is 1.69. The molecule has 2 rings (SSSR count). The quantitative estimate of drug-likeness (QED) is 0.736. The Bertz CT molecular complexity index is 507. The molecule has 0 unspecified atom stereocenters. The van der Waals surface area contributed by atoms with E-state index in [4.69, 9.17) is 4.74 Å². The van der Waals surface area contributed by atoms with Crippen LogP contribution in [0.2, 0.25) is 0 Å². The zero-order valence-corrected chi connectivity index (χ0v) is 11.5. The third-order valence-electron chi connectivity index (χ3n) is 3.22. The van der Waals surface area contributed by atoms with E-state index in [1.807, 2.05) is 0 Å². The summed E-state index contributed by atoms with van der Waals surface area (Å²) in [6.07, 6.45) is 7.64. The maximum absolute atomic E-state index is 11.7. The van der Waals surface area contributed by atoms with Gasteiger partial charge in [-0.15, -0.1) is 0 Å². The fourth-order valence-electron chi connectivity index (χ4n) is 1.83. The second-order valence-electron chi connectivity index (χ2n) is 4.71. The van der Waals surface area contributed by atoms with Gasteiger partial charge >= 0.3 is 0 Å². The molecule has 5 nitrogen and oxygen atoms in total. The maximum Gasteiger partial charge on any atom is 0.160 e. The number of rotatable bonds is 6. The molecule has 1 aromatic rings. The molecular formula is C12H18N2O3S. The lowest BCUT2D eigenvalue weighted by Crippen LogP contribution is -2.22. The number of aromatic nitrogens is 2. The number of ether oxygens (including phenoxy) is 1. The molecule has 100 valence electrons. The van der Waals surface area contributed by atoms with Crippen molar-refractivity contribution in [3.05, 3.63) is 18.2 Å². The first-order valence-electron chi connectivity index (χ1n) is 6.14. The Kier molecular flexibility index (Phi) is 3.56. The second kappa shape index (κ2) is 4.84. The van der Waals surface area contributed by atoms with Gasteiger partial charge in [-0.25, -0.2) is 18.4 Å². The third kappa shape index (κ3) is 2.48. The zero-order valence-electron chi connectivity index (χ0n) is 10.7. The Balaban J connectivity index is 2.09. The Hall–Kier alpha value is -1.17. The minimum absolute atomic E-state index is 0.396. The van der Waals surface area contributed by atoms with E-state index in [9.17, 15) is 8.42 Å². The molecule has 1 fully saturated rings. The molecule has 0 amide bonds. The molecule has 0 N–H and O–H groups in total. The standard InChI is InChI=1S/C12H18N2O3S/c1-3-4-7-17-10-8-13-11(14-9-10)12(5-6-12)18(2,15)16/h8-9H,3-7H2,1-2H3. The highest BCUT2D eigenvalue weighted by Gasteiger charge is 2.56. The van der Waals surface area contributed by atoms with Crippen LogP contribution in [0.1, 0.15) is 38.4 Å². The molecule has 0 atom stereocenters. The van der Waals surface area contributed by atoms with E-state index in [0.717, 1.165) is 12.8 Å². The molecule has 18 heavy (non-hydrogen) atoms. The van der Waals surface area contributed by atoms with Crippen molar-refractivity contribution in [2.45, 2.75) is 37.4 Å². The van der Waals surface area contributed by atoms with Crippen LogP contribution in [-0.2, 0) is 14.6 Å². The number of hydrogen-bond donors (Lipinski definition) is 0. The van der Waals surface area contributed by atoms with Gasteiger partial charge in [0.05, 0.1) is 19.0 Å². The van der Waals surface area contributed by atoms with Gasteiger partial charge in [-0.2, -0.15) is 0 Å². The van der Waals surface area contributed by atoms with Gasteiger partial charge in [-0.3, -0.25) is 0 Å². The number of nitrogens with zero attached hydrogens (tertiary/aromatic N) is 2. The number of hydrogen-bond acceptors (Lipinski definition) is 5. The van der Waals surface area contributed by atoms with Gasteiger partial charge in [0, 0.05) is 6.26 Å². The van der Waals surface area contributed by atoms with E-state index >= 15 is 0 Å². The fraction of sp³-hybridized carbons (Fsp3) is 0.667. The molecule has 0 spiro atoms. The summed E-state index contributed by atoms with van der Waals surface area (Å²) in [5.74, 6) is 0.990. The van der Waals surface area contributed by atoms with E-state index < -0.39 is 14.6 Å². The van der Waals surface area contributed by atoms with Crippen LogP contribution < -0.4 is 4.74 Å². The highest BCUT2D eigenvalue weighted by Crippen LogP contribution is 2.50. The molecular weight excluding hydrogens is 252 g/mol. The number of unbranched alkanes of at least 4 members (excludes halogenated alkanes) is 1. The summed E-state index contributed by atoms with van der Waals surface area (Å²) in [5.41, 5.74) is 0. The molecule has 1 aromatic heterocycles. The minimum Gasteiger partial charge on any atom is -0.490 e. The molecule has 1 aliphatic rings. The summed E-state index contributed by atoms with van der Waals surface area (Å²) in [5, 5.41) is 0. The molecule has 0 aromatic carbocycles. The lowest BCUT2D eigenvalue weighted by molar-refractivity contribution is 0.306. The Morgan fingerprint density at radius 3 is 2.39 bits per heavy atom. The predicted molar refractivity (Wildman–Crippen MR) is 68.2 cm³/mol. The molecule has 0 bridgehead atoms. The van der Waals surface area contributed by atoms with Crippen LogP contribution in [0, 0.1) is 0 Å². The summed E-state index contributed by atoms with van der Waals surface area (Å²) in [4.78, 5) is 8.29. The van der Waals surface area contributed by atoms with Crippen molar-refractivity contribution in [3.8, 4) is 5.75 Å². The normalized spacial score (nSPS) is 17.4. The average molecular weight is 270 g/mol. The molecule has 0 radical (unpaired) electrons. The van der Waals surface area contributed by atoms with Crippen molar-refractivity contribution >= 4 is 9.84 Å². The Morgan fingerprint density at radius 1 is 1.33 bits per heavy atom. The Morgan fingerprint density at radius 2 is 1.94 bits per heavy atom. The van der Waals surface area contributed by atoms with Gasteiger partial charge in [0.15, 0.2) is 15.6 Å². The summed E-state index contributed by atoms with van der Waals surface area (Å²) in [7, 11) is -3.14. The van der Waals surface area contributed by atoms with Crippen LogP contribution in [-0.4, -0.2) is 31.2 Å². The summed E-state index contributed by atoms with van der Waals surface area (Å²) < 4.78 is 28.0. The van der Waals surface area contributed by atoms with Gasteiger partial charge in [-0.05, 0) is 19.3 Å². The van der Waals surface area contributed by atoms with Gasteiger partial charge in [0.1, 0.15) is 10.6 Å². The lowest BCUT2D eigenvalue weighted by atomic mass is 10.3. The molecule has 1 saturated carbocycles. The van der Waals surface area contributed by atoms with Crippen LogP contribution in [0.5, 0.6) is 5.75 Å². The van der Waals surface area contributed by atoms with Gasteiger partial charge in [-0.1, -0.05) is 13.3 Å². The van der Waals surface area contributed by atoms with E-state index in [1.54, 1.807) is 12.4 Å². The highest BCUT2D eigenvalue weighted by molar-refractivity contribution is 7.91. The van der Waals surface area contributed by atoms with Crippen LogP contribution in [0.15, 0.2) is 12.4 Å². The average Bonchev–Trinajstić information content (AvgIpc) is 3.11. The van der Waals surface area contributed by atoms with Gasteiger partial charge < -0.3 is 4.74 Å². The van der Waals surface area contributed by atoms with Crippen LogP contribution >= 0.6 is 0 Å². The number of sulfone groups is 1. The summed E-state index contributed by atoms with van der Waals surface area (Å²) >= 11 is 0. The van der Waals surface area contributed by atoms with Crippen molar-refractivity contribution in [2.75, 3.05) is 12.9 Å². The largest absolute Gasteiger partial charge is 0.490 e. The first-order valence-corrected chi connectivity index (χ1v) is 8.04. The van der Waals surface area contributed by atoms with E-state index in [2.05, 4.69) is 16.9 Å². The van der Waals surface area contributed by atoms with Gasteiger partial charge in [0.25, 0.3) is 0 Å². The summed E-state index contributed by atoms with van der Waals surface area (Å²) in [6.45, 7) is 2.72.